The van der Waals surface area contributed by atoms with Gasteiger partial charge in [0.1, 0.15) is 5.01 Å². The van der Waals surface area contributed by atoms with Gasteiger partial charge >= 0.3 is 0 Å². The summed E-state index contributed by atoms with van der Waals surface area (Å²) in [5.74, 6) is 0. The number of nitrogens with zero attached hydrogens (tertiary/aromatic N) is 2. The Balaban J connectivity index is 2.09. The van der Waals surface area contributed by atoms with E-state index in [4.69, 9.17) is 5.73 Å². The van der Waals surface area contributed by atoms with Crippen LogP contribution < -0.4 is 5.73 Å². The highest BCUT2D eigenvalue weighted by molar-refractivity contribution is 8.01. The van der Waals surface area contributed by atoms with Crippen molar-refractivity contribution in [3.05, 3.63) is 47.0 Å². The second kappa shape index (κ2) is 5.28. The zero-order valence-electron chi connectivity index (χ0n) is 10.5. The molecule has 1 heterocycles. The molecule has 2 aromatic carbocycles. The van der Waals surface area contributed by atoms with Gasteiger partial charge in [-0.05, 0) is 29.3 Å². The first-order chi connectivity index (χ1) is 9.28. The van der Waals surface area contributed by atoms with Crippen LogP contribution in [0.5, 0.6) is 0 Å². The Labute approximate surface area is 119 Å². The average Bonchev–Trinajstić information content (AvgIpc) is 2.85. The lowest BCUT2D eigenvalue weighted by atomic mass is 10.0. The van der Waals surface area contributed by atoms with Gasteiger partial charge in [0.05, 0.1) is 0 Å². The summed E-state index contributed by atoms with van der Waals surface area (Å²) in [6.07, 6.45) is 0. The smallest absolute Gasteiger partial charge is 0.179 e. The first-order valence-electron chi connectivity index (χ1n) is 5.96. The van der Waals surface area contributed by atoms with Crippen molar-refractivity contribution in [3.63, 3.8) is 0 Å². The van der Waals surface area contributed by atoms with E-state index < -0.39 is 0 Å². The van der Waals surface area contributed by atoms with Crippen molar-refractivity contribution in [3.8, 4) is 0 Å². The van der Waals surface area contributed by atoms with Gasteiger partial charge in [-0.2, -0.15) is 0 Å². The van der Waals surface area contributed by atoms with E-state index in [-0.39, 0.29) is 0 Å². The van der Waals surface area contributed by atoms with Crippen LogP contribution in [0.4, 0.5) is 0 Å². The molecule has 96 valence electrons. The molecular formula is C14H13N3S2. The molecule has 3 aromatic rings. The molecule has 0 bridgehead atoms. The second-order valence-electron chi connectivity index (χ2n) is 4.16. The minimum absolute atomic E-state index is 0.559. The van der Waals surface area contributed by atoms with Crippen LogP contribution in [0.15, 0.2) is 45.6 Å². The predicted octanol–water partition coefficient (Wildman–Crippen LogP) is 3.61. The lowest BCUT2D eigenvalue weighted by Crippen LogP contribution is -1.97. The van der Waals surface area contributed by atoms with Crippen molar-refractivity contribution in [2.45, 2.75) is 22.7 Å². The Hall–Kier alpha value is -1.43. The van der Waals surface area contributed by atoms with E-state index in [2.05, 4.69) is 40.5 Å². The Morgan fingerprint density at radius 1 is 1.11 bits per heavy atom. The molecule has 0 spiro atoms. The van der Waals surface area contributed by atoms with E-state index in [1.165, 1.54) is 21.2 Å². The van der Waals surface area contributed by atoms with Gasteiger partial charge in [-0.3, -0.25) is 0 Å². The van der Waals surface area contributed by atoms with Crippen LogP contribution in [-0.4, -0.2) is 10.2 Å². The minimum Gasteiger partial charge on any atom is -0.326 e. The van der Waals surface area contributed by atoms with Gasteiger partial charge in [-0.1, -0.05) is 53.4 Å². The molecule has 0 aliphatic carbocycles. The molecule has 3 nitrogen and oxygen atoms in total. The standard InChI is InChI=1S/C14H13N3S2/c1-9-16-17-14(18-9)19-13-7-6-10(8-15)11-4-2-3-5-12(11)13/h2-7H,8,15H2,1H3. The van der Waals surface area contributed by atoms with Crippen molar-refractivity contribution in [1.82, 2.24) is 10.2 Å². The molecule has 5 heteroatoms. The van der Waals surface area contributed by atoms with Crippen LogP contribution in [0.25, 0.3) is 10.8 Å². The van der Waals surface area contributed by atoms with Crippen molar-refractivity contribution < 1.29 is 0 Å². The van der Waals surface area contributed by atoms with Crippen LogP contribution in [0, 0.1) is 6.92 Å². The van der Waals surface area contributed by atoms with Crippen molar-refractivity contribution in [2.24, 2.45) is 5.73 Å². The summed E-state index contributed by atoms with van der Waals surface area (Å²) < 4.78 is 0.975. The fourth-order valence-electron chi connectivity index (χ4n) is 2.01. The topological polar surface area (TPSA) is 51.8 Å². The largest absolute Gasteiger partial charge is 0.326 e. The Morgan fingerprint density at radius 3 is 2.58 bits per heavy atom. The first kappa shape index (κ1) is 12.6. The quantitative estimate of drug-likeness (QED) is 0.799. The van der Waals surface area contributed by atoms with Crippen LogP contribution >= 0.6 is 23.1 Å². The summed E-state index contributed by atoms with van der Waals surface area (Å²) in [4.78, 5) is 1.20. The van der Waals surface area contributed by atoms with Crippen LogP contribution in [0.1, 0.15) is 10.6 Å². The van der Waals surface area contributed by atoms with Crippen LogP contribution in [0.3, 0.4) is 0 Å². The molecule has 0 atom stereocenters. The first-order valence-corrected chi connectivity index (χ1v) is 7.60. The molecule has 0 fully saturated rings. The Bertz CT molecular complexity index is 722. The minimum atomic E-state index is 0.559. The third-order valence-corrected chi connectivity index (χ3v) is 4.86. The van der Waals surface area contributed by atoms with Crippen LogP contribution in [-0.2, 0) is 6.54 Å². The molecule has 3 rings (SSSR count). The normalized spacial score (nSPS) is 11.1. The third kappa shape index (κ3) is 2.49. The molecule has 0 aliphatic rings. The molecule has 19 heavy (non-hydrogen) atoms. The number of rotatable bonds is 3. The highest BCUT2D eigenvalue weighted by Gasteiger charge is 2.08. The molecule has 0 amide bonds. The zero-order valence-corrected chi connectivity index (χ0v) is 12.1. The fourth-order valence-corrected chi connectivity index (χ4v) is 3.92. The fraction of sp³-hybridized carbons (Fsp3) is 0.143. The van der Waals surface area contributed by atoms with Gasteiger partial charge in [0.25, 0.3) is 0 Å². The molecule has 0 saturated carbocycles. The predicted molar refractivity (Wildman–Crippen MR) is 80.6 cm³/mol. The molecule has 2 N–H and O–H groups in total. The van der Waals surface area contributed by atoms with Crippen molar-refractivity contribution in [1.29, 1.82) is 0 Å². The number of hydrogen-bond acceptors (Lipinski definition) is 5. The lowest BCUT2D eigenvalue weighted by Gasteiger charge is -2.08. The van der Waals surface area contributed by atoms with Crippen molar-refractivity contribution >= 4 is 33.9 Å². The second-order valence-corrected chi connectivity index (χ2v) is 6.63. The monoisotopic (exact) mass is 287 g/mol. The van der Waals surface area contributed by atoms with E-state index >= 15 is 0 Å². The third-order valence-electron chi connectivity index (χ3n) is 2.90. The van der Waals surface area contributed by atoms with E-state index in [1.54, 1.807) is 23.1 Å². The van der Waals surface area contributed by atoms with Gasteiger partial charge in [0.15, 0.2) is 4.34 Å². The highest BCUT2D eigenvalue weighted by Crippen LogP contribution is 2.35. The molecule has 0 radical (unpaired) electrons. The number of benzene rings is 2. The van der Waals surface area contributed by atoms with Gasteiger partial charge in [-0.15, -0.1) is 10.2 Å². The summed E-state index contributed by atoms with van der Waals surface area (Å²) in [7, 11) is 0. The maximum absolute atomic E-state index is 5.79. The Kier molecular flexibility index (Phi) is 3.50. The molecule has 0 saturated heterocycles. The summed E-state index contributed by atoms with van der Waals surface area (Å²) in [5.41, 5.74) is 6.97. The van der Waals surface area contributed by atoms with Gasteiger partial charge in [0.2, 0.25) is 0 Å². The summed E-state index contributed by atoms with van der Waals surface area (Å²) in [6, 6.07) is 12.6. The maximum atomic E-state index is 5.79. The summed E-state index contributed by atoms with van der Waals surface area (Å²) >= 11 is 3.28. The van der Waals surface area contributed by atoms with Gasteiger partial charge in [-0.25, -0.2) is 0 Å². The van der Waals surface area contributed by atoms with E-state index in [0.717, 1.165) is 9.35 Å². The van der Waals surface area contributed by atoms with Gasteiger partial charge in [0, 0.05) is 11.4 Å². The van der Waals surface area contributed by atoms with E-state index in [0.29, 0.717) is 6.54 Å². The molecule has 1 aromatic heterocycles. The maximum Gasteiger partial charge on any atom is 0.179 e. The van der Waals surface area contributed by atoms with Gasteiger partial charge < -0.3 is 5.73 Å². The number of fused-ring (bicyclic) bond motifs is 1. The average molecular weight is 287 g/mol. The number of aryl methyl sites for hydroxylation is 1. The zero-order chi connectivity index (χ0) is 13.2. The van der Waals surface area contributed by atoms with E-state index in [1.807, 2.05) is 13.0 Å². The molecule has 0 unspecified atom stereocenters. The van der Waals surface area contributed by atoms with Crippen molar-refractivity contribution in [2.75, 3.05) is 0 Å². The summed E-state index contributed by atoms with van der Waals surface area (Å²) in [6.45, 7) is 2.53. The number of nitrogens with two attached hydrogens (primary N) is 1. The van der Waals surface area contributed by atoms with Crippen LogP contribution in [0.2, 0.25) is 0 Å². The summed E-state index contributed by atoms with van der Waals surface area (Å²) in [5, 5.41) is 11.7. The van der Waals surface area contributed by atoms with E-state index in [9.17, 15) is 0 Å². The SMILES string of the molecule is Cc1nnc(Sc2ccc(CN)c3ccccc23)s1. The lowest BCUT2D eigenvalue weighted by molar-refractivity contribution is 0.984. The Morgan fingerprint density at radius 2 is 1.89 bits per heavy atom. The highest BCUT2D eigenvalue weighted by atomic mass is 32.2. The number of aromatic nitrogens is 2. The molecule has 0 aliphatic heterocycles. The number of hydrogen-bond donors (Lipinski definition) is 1. The molecular weight excluding hydrogens is 274 g/mol.